The molecule has 3 heterocycles. The lowest BCUT2D eigenvalue weighted by Gasteiger charge is -2.11. The highest BCUT2D eigenvalue weighted by Gasteiger charge is 2.21. The molecule has 3 aromatic heterocycles. The second kappa shape index (κ2) is 10.3. The number of hydrogen-bond acceptors (Lipinski definition) is 7. The van der Waals surface area contributed by atoms with Crippen molar-refractivity contribution in [1.29, 1.82) is 0 Å². The highest BCUT2D eigenvalue weighted by atomic mass is 32.2. The van der Waals surface area contributed by atoms with Gasteiger partial charge in [0.05, 0.1) is 19.8 Å². The van der Waals surface area contributed by atoms with Gasteiger partial charge in [-0.1, -0.05) is 0 Å². The fourth-order valence-corrected chi connectivity index (χ4v) is 3.50. The average Bonchev–Trinajstić information content (AvgIpc) is 3.13. The largest absolute Gasteiger partial charge is 0.496 e. The van der Waals surface area contributed by atoms with Gasteiger partial charge in [-0.25, -0.2) is 18.7 Å². The monoisotopic (exact) mass is 448 g/mol. The molecule has 31 heavy (non-hydrogen) atoms. The second-order valence-corrected chi connectivity index (χ2v) is 7.47. The fourth-order valence-electron chi connectivity index (χ4n) is 3.15. The number of carbonyl (C=O) groups is 1. The van der Waals surface area contributed by atoms with Gasteiger partial charge in [0, 0.05) is 29.9 Å². The molecule has 2 amide bonds. The number of rotatable bonds is 9. The predicted molar refractivity (Wildman–Crippen MR) is 120 cm³/mol. The number of nitrogens with zero attached hydrogens (tertiary/aromatic N) is 4. The Labute approximate surface area is 184 Å². The third-order valence-electron chi connectivity index (χ3n) is 4.56. The Morgan fingerprint density at radius 1 is 1.26 bits per heavy atom. The van der Waals surface area contributed by atoms with Crippen molar-refractivity contribution in [3.8, 4) is 22.8 Å². The third kappa shape index (κ3) is 5.17. The molecule has 2 N–H and O–H groups in total. The molecule has 0 radical (unpaired) electrons. The number of fused-ring (bicyclic) bond motifs is 1. The molecule has 0 spiro atoms. The van der Waals surface area contributed by atoms with Crippen molar-refractivity contribution in [1.82, 2.24) is 24.2 Å². The number of carbonyl (C=O) groups excluding carboxylic acids is 1. The first-order valence-corrected chi connectivity index (χ1v) is 10.2. The Balaban J connectivity index is 1.89. The summed E-state index contributed by atoms with van der Waals surface area (Å²) in [5.74, 6) is 1.19. The van der Waals surface area contributed by atoms with Crippen molar-refractivity contribution in [2.45, 2.75) is 6.42 Å². The van der Waals surface area contributed by atoms with Crippen molar-refractivity contribution >= 4 is 35.2 Å². The highest BCUT2D eigenvalue weighted by Crippen LogP contribution is 2.42. The molecule has 3 rings (SSSR count). The van der Waals surface area contributed by atoms with Crippen LogP contribution in [-0.2, 0) is 0 Å². The first kappa shape index (κ1) is 22.6. The number of nitrogens with one attached hydrogen (secondary N) is 2. The van der Waals surface area contributed by atoms with Crippen LogP contribution in [0.1, 0.15) is 6.42 Å². The van der Waals surface area contributed by atoms with E-state index in [0.717, 1.165) is 13.0 Å². The molecule has 3 aromatic rings. The van der Waals surface area contributed by atoms with Crippen molar-refractivity contribution < 1.29 is 18.2 Å². The molecule has 0 bridgehead atoms. The summed E-state index contributed by atoms with van der Waals surface area (Å²) < 4.78 is 25.8. The third-order valence-corrected chi connectivity index (χ3v) is 4.99. The Morgan fingerprint density at radius 3 is 2.74 bits per heavy atom. The number of ether oxygens (including phenoxy) is 2. The van der Waals surface area contributed by atoms with Crippen LogP contribution < -0.4 is 20.1 Å². The molecule has 0 aliphatic carbocycles. The molecule has 9 nitrogen and oxygen atoms in total. The zero-order valence-corrected chi connectivity index (χ0v) is 18.6. The summed E-state index contributed by atoms with van der Waals surface area (Å²) >= 11 is 0.00697. The van der Waals surface area contributed by atoms with Crippen molar-refractivity contribution in [3.63, 3.8) is 0 Å². The van der Waals surface area contributed by atoms with Crippen LogP contribution in [0.25, 0.3) is 22.2 Å². The van der Waals surface area contributed by atoms with Gasteiger partial charge in [0.25, 0.3) is 0 Å². The topological polar surface area (TPSA) is 93.5 Å². The zero-order valence-electron chi connectivity index (χ0n) is 17.8. The van der Waals surface area contributed by atoms with Crippen LogP contribution in [0.2, 0.25) is 0 Å². The molecular formula is C20H25FN6O3S. The lowest BCUT2D eigenvalue weighted by atomic mass is 10.1. The molecule has 0 saturated carbocycles. The number of amides is 2. The molecule has 0 aliphatic heterocycles. The van der Waals surface area contributed by atoms with E-state index in [1.54, 1.807) is 37.7 Å². The number of methoxy groups -OCH3 is 2. The Bertz CT molecular complexity index is 1040. The van der Waals surface area contributed by atoms with E-state index in [1.807, 2.05) is 19.0 Å². The Kier molecular flexibility index (Phi) is 7.53. The van der Waals surface area contributed by atoms with Crippen molar-refractivity contribution in [2.24, 2.45) is 0 Å². The van der Waals surface area contributed by atoms with Gasteiger partial charge in [-0.05, 0) is 45.3 Å². The van der Waals surface area contributed by atoms with Gasteiger partial charge in [-0.2, -0.15) is 0 Å². The molecule has 0 saturated heterocycles. The number of aromatic nitrogens is 3. The van der Waals surface area contributed by atoms with Crippen LogP contribution in [-0.4, -0.2) is 66.3 Å². The van der Waals surface area contributed by atoms with E-state index in [9.17, 15) is 8.68 Å². The van der Waals surface area contributed by atoms with Crippen LogP contribution in [0.15, 0.2) is 30.6 Å². The number of urea groups is 1. The smallest absolute Gasteiger partial charge is 0.320 e. The first-order valence-electron chi connectivity index (χ1n) is 9.56. The van der Waals surface area contributed by atoms with E-state index >= 15 is 0 Å². The number of halogens is 1. The molecule has 0 aliphatic rings. The van der Waals surface area contributed by atoms with E-state index < -0.39 is 0 Å². The van der Waals surface area contributed by atoms with Gasteiger partial charge >= 0.3 is 6.03 Å². The standard InChI is InChI=1S/C20H25FN6O3S/c1-26(2)11-5-9-23-20(28)25-16-7-6-13-14(12-27(31-21)18(13)24-16)17-15(29-3)8-10-22-19(17)30-4/h6-8,10,12H,5,9,11H2,1-4H3,(H2,23,24,25,28). The number of hydrogen-bond donors (Lipinski definition) is 2. The summed E-state index contributed by atoms with van der Waals surface area (Å²) in [5, 5.41) is 6.13. The van der Waals surface area contributed by atoms with Gasteiger partial charge in [-0.3, -0.25) is 5.32 Å². The second-order valence-electron chi connectivity index (χ2n) is 6.94. The minimum absolute atomic E-state index is 0.00697. The molecule has 0 fully saturated rings. The maximum atomic E-state index is 13.7. The van der Waals surface area contributed by atoms with Gasteiger partial charge in [-0.15, -0.1) is 3.89 Å². The van der Waals surface area contributed by atoms with Crippen LogP contribution in [0, 0.1) is 0 Å². The Hall–Kier alpha value is -3.05. The van der Waals surface area contributed by atoms with Gasteiger partial charge in [0.2, 0.25) is 5.88 Å². The quantitative estimate of drug-likeness (QED) is 0.484. The lowest BCUT2D eigenvalue weighted by molar-refractivity contribution is 0.251. The van der Waals surface area contributed by atoms with Gasteiger partial charge in [0.15, 0.2) is 18.0 Å². The molecule has 0 unspecified atom stereocenters. The van der Waals surface area contributed by atoms with Crippen LogP contribution >= 0.6 is 12.3 Å². The molecule has 0 aromatic carbocycles. The van der Waals surface area contributed by atoms with Crippen LogP contribution in [0.5, 0.6) is 11.6 Å². The van der Waals surface area contributed by atoms with Crippen molar-refractivity contribution in [3.05, 3.63) is 30.6 Å². The summed E-state index contributed by atoms with van der Waals surface area (Å²) in [6, 6.07) is 4.76. The minimum atomic E-state index is -0.368. The Morgan fingerprint density at radius 2 is 2.06 bits per heavy atom. The predicted octanol–water partition coefficient (Wildman–Crippen LogP) is 3.57. The first-order chi connectivity index (χ1) is 15.0. The van der Waals surface area contributed by atoms with E-state index in [4.69, 9.17) is 9.47 Å². The van der Waals surface area contributed by atoms with Gasteiger partial charge in [0.1, 0.15) is 11.6 Å². The van der Waals surface area contributed by atoms with Crippen LogP contribution in [0.3, 0.4) is 0 Å². The molecule has 0 atom stereocenters. The zero-order chi connectivity index (χ0) is 22.4. The van der Waals surface area contributed by atoms with E-state index in [-0.39, 0.29) is 18.4 Å². The summed E-state index contributed by atoms with van der Waals surface area (Å²) in [4.78, 5) is 22.8. The lowest BCUT2D eigenvalue weighted by Crippen LogP contribution is -2.31. The summed E-state index contributed by atoms with van der Waals surface area (Å²) in [6.45, 7) is 1.41. The van der Waals surface area contributed by atoms with E-state index in [0.29, 0.717) is 46.2 Å². The normalized spacial score (nSPS) is 11.0. The maximum Gasteiger partial charge on any atom is 0.320 e. The van der Waals surface area contributed by atoms with E-state index in [2.05, 4.69) is 20.6 Å². The highest BCUT2D eigenvalue weighted by molar-refractivity contribution is 7.92. The van der Waals surface area contributed by atoms with Crippen LogP contribution in [0.4, 0.5) is 14.5 Å². The number of pyridine rings is 2. The summed E-state index contributed by atoms with van der Waals surface area (Å²) in [6.07, 6.45) is 3.99. The summed E-state index contributed by atoms with van der Waals surface area (Å²) in [7, 11) is 6.99. The molecule has 166 valence electrons. The van der Waals surface area contributed by atoms with E-state index in [1.165, 1.54) is 11.1 Å². The van der Waals surface area contributed by atoms with Gasteiger partial charge < -0.3 is 19.7 Å². The minimum Gasteiger partial charge on any atom is -0.496 e. The SMILES string of the molecule is COc1ccnc(OC)c1-c1cn(SF)c2nc(NC(=O)NCCCN(C)C)ccc12. The maximum absolute atomic E-state index is 13.7. The average molecular weight is 449 g/mol. The molecular weight excluding hydrogens is 423 g/mol. The van der Waals surface area contributed by atoms with Crippen molar-refractivity contribution in [2.75, 3.05) is 46.7 Å². The fraction of sp³-hybridized carbons (Fsp3) is 0.350. The molecule has 11 heteroatoms. The summed E-state index contributed by atoms with van der Waals surface area (Å²) in [5.41, 5.74) is 1.58. The number of anilines is 1.